The average molecular weight is 278 g/mol. The monoisotopic (exact) mass is 278 g/mol. The lowest BCUT2D eigenvalue weighted by Crippen LogP contribution is -2.38. The van der Waals surface area contributed by atoms with Crippen LogP contribution in [-0.4, -0.2) is 20.1 Å². The van der Waals surface area contributed by atoms with Crippen LogP contribution in [0, 0.1) is 18.2 Å². The molecular weight excluding hydrogens is 251 g/mol. The van der Waals surface area contributed by atoms with E-state index >= 15 is 0 Å². The molecule has 0 aliphatic carbocycles. The number of aryl methyl sites for hydroxylation is 1. The van der Waals surface area contributed by atoms with Gasteiger partial charge in [0.05, 0.1) is 0 Å². The molecule has 1 heterocycles. The Morgan fingerprint density at radius 1 is 1.25 bits per heavy atom. The Hall–Kier alpha value is -1.09. The first-order valence-corrected chi connectivity index (χ1v) is 7.56. The minimum atomic E-state index is -0.108. The van der Waals surface area contributed by atoms with Gasteiger partial charge in [0, 0.05) is 24.8 Å². The number of nitrogens with zero attached hydrogens (tertiary/aromatic N) is 1. The van der Waals surface area contributed by atoms with E-state index in [4.69, 9.17) is 0 Å². The maximum Gasteiger partial charge on any atom is 0.126 e. The van der Waals surface area contributed by atoms with E-state index in [1.165, 1.54) is 18.5 Å². The van der Waals surface area contributed by atoms with E-state index in [2.05, 4.69) is 31.0 Å². The number of halogens is 1. The van der Waals surface area contributed by atoms with Crippen molar-refractivity contribution < 1.29 is 4.39 Å². The predicted octanol–water partition coefficient (Wildman–Crippen LogP) is 4.04. The van der Waals surface area contributed by atoms with Crippen LogP contribution in [0.5, 0.6) is 0 Å². The van der Waals surface area contributed by atoms with Gasteiger partial charge in [-0.2, -0.15) is 0 Å². The first-order chi connectivity index (χ1) is 9.34. The van der Waals surface area contributed by atoms with E-state index in [0.29, 0.717) is 5.41 Å². The smallest absolute Gasteiger partial charge is 0.126 e. The van der Waals surface area contributed by atoms with Crippen molar-refractivity contribution in [2.24, 2.45) is 5.41 Å². The zero-order valence-electron chi connectivity index (χ0n) is 13.4. The fourth-order valence-electron chi connectivity index (χ4n) is 2.81. The zero-order valence-corrected chi connectivity index (χ0v) is 13.4. The van der Waals surface area contributed by atoms with E-state index in [1.807, 2.05) is 20.0 Å². The van der Waals surface area contributed by atoms with Gasteiger partial charge in [0.25, 0.3) is 0 Å². The summed E-state index contributed by atoms with van der Waals surface area (Å²) in [5.74, 6) is -0.108. The molecule has 1 aromatic rings. The van der Waals surface area contributed by atoms with Gasteiger partial charge in [-0.3, -0.25) is 0 Å². The first kappa shape index (κ1) is 15.3. The maximum absolute atomic E-state index is 13.9. The fraction of sp³-hybridized carbons (Fsp3) is 0.647. The summed E-state index contributed by atoms with van der Waals surface area (Å²) < 4.78 is 13.9. The summed E-state index contributed by atoms with van der Waals surface area (Å²) in [6.45, 7) is 10.7. The highest BCUT2D eigenvalue weighted by Gasteiger charge is 2.27. The van der Waals surface area contributed by atoms with Crippen molar-refractivity contribution in [2.75, 3.05) is 25.0 Å². The van der Waals surface area contributed by atoms with E-state index in [1.54, 1.807) is 6.07 Å². The van der Waals surface area contributed by atoms with Crippen LogP contribution < -0.4 is 10.2 Å². The standard InChI is InChI=1S/C17H27FN2/c1-12-10-16(14(11-15(12)18)13(2)19-5)20-8-6-17(3,4)7-9-20/h10-11,13,19H,6-9H2,1-5H3. The van der Waals surface area contributed by atoms with Crippen molar-refractivity contribution >= 4 is 5.69 Å². The Morgan fingerprint density at radius 2 is 1.85 bits per heavy atom. The van der Waals surface area contributed by atoms with E-state index in [-0.39, 0.29) is 11.9 Å². The van der Waals surface area contributed by atoms with E-state index in [9.17, 15) is 4.39 Å². The lowest BCUT2D eigenvalue weighted by Gasteiger charge is -2.39. The van der Waals surface area contributed by atoms with Crippen LogP contribution in [-0.2, 0) is 0 Å². The Balaban J connectivity index is 2.33. The van der Waals surface area contributed by atoms with Crippen molar-refractivity contribution in [2.45, 2.75) is 46.6 Å². The third-order valence-electron chi connectivity index (χ3n) is 4.67. The second kappa shape index (κ2) is 5.72. The zero-order chi connectivity index (χ0) is 14.9. The Kier molecular flexibility index (Phi) is 4.38. The number of benzene rings is 1. The second-order valence-corrected chi connectivity index (χ2v) is 6.82. The number of anilines is 1. The minimum Gasteiger partial charge on any atom is -0.371 e. The molecule has 1 saturated heterocycles. The molecule has 1 atom stereocenters. The quantitative estimate of drug-likeness (QED) is 0.897. The van der Waals surface area contributed by atoms with Crippen molar-refractivity contribution in [1.82, 2.24) is 5.32 Å². The van der Waals surface area contributed by atoms with Gasteiger partial charge in [-0.15, -0.1) is 0 Å². The summed E-state index contributed by atoms with van der Waals surface area (Å²) in [5, 5.41) is 3.23. The molecule has 112 valence electrons. The molecule has 20 heavy (non-hydrogen) atoms. The topological polar surface area (TPSA) is 15.3 Å². The lowest BCUT2D eigenvalue weighted by molar-refractivity contribution is 0.279. The van der Waals surface area contributed by atoms with E-state index in [0.717, 1.165) is 24.2 Å². The van der Waals surface area contributed by atoms with Crippen molar-refractivity contribution in [1.29, 1.82) is 0 Å². The molecule has 0 spiro atoms. The predicted molar refractivity (Wildman–Crippen MR) is 83.8 cm³/mol. The van der Waals surface area contributed by atoms with Crippen molar-refractivity contribution in [3.63, 3.8) is 0 Å². The molecule has 0 saturated carbocycles. The van der Waals surface area contributed by atoms with Crippen molar-refractivity contribution in [3.8, 4) is 0 Å². The van der Waals surface area contributed by atoms with Crippen LogP contribution in [0.15, 0.2) is 12.1 Å². The molecule has 2 nitrogen and oxygen atoms in total. The van der Waals surface area contributed by atoms with E-state index < -0.39 is 0 Å². The van der Waals surface area contributed by atoms with Gasteiger partial charge in [-0.25, -0.2) is 4.39 Å². The third kappa shape index (κ3) is 3.14. The second-order valence-electron chi connectivity index (χ2n) is 6.82. The summed E-state index contributed by atoms with van der Waals surface area (Å²) in [6, 6.07) is 3.87. The Labute approximate surface area is 122 Å². The summed E-state index contributed by atoms with van der Waals surface area (Å²) >= 11 is 0. The number of hydrogen-bond donors (Lipinski definition) is 1. The van der Waals surface area contributed by atoms with Gasteiger partial charge in [0.1, 0.15) is 5.82 Å². The fourth-order valence-corrected chi connectivity index (χ4v) is 2.81. The lowest BCUT2D eigenvalue weighted by atomic mass is 9.82. The molecule has 1 aromatic carbocycles. The first-order valence-electron chi connectivity index (χ1n) is 7.56. The average Bonchev–Trinajstić information content (AvgIpc) is 2.40. The van der Waals surface area contributed by atoms with Crippen LogP contribution in [0.3, 0.4) is 0 Å². The molecule has 0 radical (unpaired) electrons. The van der Waals surface area contributed by atoms with Crippen LogP contribution in [0.1, 0.15) is 50.8 Å². The van der Waals surface area contributed by atoms with Crippen molar-refractivity contribution in [3.05, 3.63) is 29.1 Å². The summed E-state index contributed by atoms with van der Waals surface area (Å²) in [5.41, 5.74) is 3.42. The van der Waals surface area contributed by atoms with Gasteiger partial charge in [0.2, 0.25) is 0 Å². The number of hydrogen-bond acceptors (Lipinski definition) is 2. The van der Waals surface area contributed by atoms with Gasteiger partial charge >= 0.3 is 0 Å². The molecule has 1 unspecified atom stereocenters. The highest BCUT2D eigenvalue weighted by atomic mass is 19.1. The molecule has 0 bridgehead atoms. The van der Waals surface area contributed by atoms with Gasteiger partial charge in [-0.1, -0.05) is 13.8 Å². The highest BCUT2D eigenvalue weighted by molar-refractivity contribution is 5.57. The van der Waals surface area contributed by atoms with Gasteiger partial charge < -0.3 is 10.2 Å². The van der Waals surface area contributed by atoms with Crippen LogP contribution >= 0.6 is 0 Å². The molecule has 1 fully saturated rings. The van der Waals surface area contributed by atoms with Crippen LogP contribution in [0.4, 0.5) is 10.1 Å². The van der Waals surface area contributed by atoms with Crippen LogP contribution in [0.25, 0.3) is 0 Å². The van der Waals surface area contributed by atoms with Gasteiger partial charge in [-0.05, 0) is 62.4 Å². The molecule has 0 aromatic heterocycles. The Morgan fingerprint density at radius 3 is 2.40 bits per heavy atom. The van der Waals surface area contributed by atoms with Crippen LogP contribution in [0.2, 0.25) is 0 Å². The molecular formula is C17H27FN2. The molecule has 1 aliphatic rings. The number of piperidine rings is 1. The molecule has 0 amide bonds. The molecule has 1 aliphatic heterocycles. The maximum atomic E-state index is 13.9. The largest absolute Gasteiger partial charge is 0.371 e. The summed E-state index contributed by atoms with van der Waals surface area (Å²) in [4.78, 5) is 2.42. The number of rotatable bonds is 3. The third-order valence-corrected chi connectivity index (χ3v) is 4.67. The Bertz CT molecular complexity index is 472. The molecule has 2 rings (SSSR count). The van der Waals surface area contributed by atoms with Gasteiger partial charge in [0.15, 0.2) is 0 Å². The SMILES string of the molecule is CNC(C)c1cc(F)c(C)cc1N1CCC(C)(C)CC1. The molecule has 3 heteroatoms. The minimum absolute atomic E-state index is 0.108. The summed E-state index contributed by atoms with van der Waals surface area (Å²) in [6.07, 6.45) is 2.38. The highest BCUT2D eigenvalue weighted by Crippen LogP contribution is 2.36. The summed E-state index contributed by atoms with van der Waals surface area (Å²) in [7, 11) is 1.92. The molecule has 1 N–H and O–H groups in total. The number of nitrogens with one attached hydrogen (secondary N) is 1. The normalized spacial score (nSPS) is 20.0.